The highest BCUT2D eigenvalue weighted by atomic mass is 35.5. The van der Waals surface area contributed by atoms with E-state index in [2.05, 4.69) is 10.9 Å². The topological polar surface area (TPSA) is 114 Å². The number of ether oxygens (including phenoxy) is 1. The van der Waals surface area contributed by atoms with Crippen LogP contribution >= 0.6 is 11.6 Å². The standard InChI is InChI=1S/C18H19ClN4O5/c1-22(9-10-28-16-7-5-14(19)6-8-16)12-17(24)20-21-18(25)13-3-2-4-15(11-13)23(26)27/h2-8,11H,9-10,12H2,1H3,(H,20,24)(H,21,25). The van der Waals surface area contributed by atoms with Crippen molar-refractivity contribution < 1.29 is 19.2 Å². The lowest BCUT2D eigenvalue weighted by molar-refractivity contribution is -0.384. The van der Waals surface area contributed by atoms with Crippen LogP contribution in [0, 0.1) is 10.1 Å². The molecule has 0 spiro atoms. The van der Waals surface area contributed by atoms with E-state index in [1.54, 1.807) is 36.2 Å². The fourth-order valence-electron chi connectivity index (χ4n) is 2.17. The van der Waals surface area contributed by atoms with Gasteiger partial charge in [-0.15, -0.1) is 0 Å². The van der Waals surface area contributed by atoms with Crippen molar-refractivity contribution in [1.29, 1.82) is 0 Å². The summed E-state index contributed by atoms with van der Waals surface area (Å²) in [7, 11) is 1.73. The first kappa shape index (κ1) is 21.1. The van der Waals surface area contributed by atoms with Crippen LogP contribution < -0.4 is 15.6 Å². The molecule has 0 unspecified atom stereocenters. The number of nitro benzene ring substituents is 1. The van der Waals surface area contributed by atoms with E-state index in [0.29, 0.717) is 23.9 Å². The molecule has 9 nitrogen and oxygen atoms in total. The molecule has 2 aromatic rings. The Kier molecular flexibility index (Phi) is 7.73. The van der Waals surface area contributed by atoms with Crippen molar-refractivity contribution in [3.05, 3.63) is 69.2 Å². The van der Waals surface area contributed by atoms with Crippen LogP contribution in [-0.2, 0) is 4.79 Å². The number of amides is 2. The molecule has 0 aromatic heterocycles. The molecular weight excluding hydrogens is 388 g/mol. The summed E-state index contributed by atoms with van der Waals surface area (Å²) in [5, 5.41) is 11.4. The Hall–Kier alpha value is -3.17. The summed E-state index contributed by atoms with van der Waals surface area (Å²) in [6.45, 7) is 0.875. The predicted octanol–water partition coefficient (Wildman–Crippen LogP) is 2.02. The van der Waals surface area contributed by atoms with Crippen LogP contribution in [0.2, 0.25) is 5.02 Å². The average molecular weight is 407 g/mol. The van der Waals surface area contributed by atoms with Gasteiger partial charge in [-0.25, -0.2) is 0 Å². The fourth-order valence-corrected chi connectivity index (χ4v) is 2.30. The van der Waals surface area contributed by atoms with Crippen LogP contribution in [0.1, 0.15) is 10.4 Å². The van der Waals surface area contributed by atoms with Gasteiger partial charge in [0.2, 0.25) is 0 Å². The van der Waals surface area contributed by atoms with Gasteiger partial charge in [0.25, 0.3) is 17.5 Å². The minimum absolute atomic E-state index is 0.0270. The molecule has 0 aliphatic carbocycles. The van der Waals surface area contributed by atoms with E-state index in [0.717, 1.165) is 6.07 Å². The number of hydrazine groups is 1. The molecule has 0 radical (unpaired) electrons. The van der Waals surface area contributed by atoms with E-state index < -0.39 is 16.7 Å². The second-order valence-corrected chi connectivity index (χ2v) is 6.29. The number of carbonyl (C=O) groups excluding carboxylic acids is 2. The summed E-state index contributed by atoms with van der Waals surface area (Å²) in [5.41, 5.74) is 4.36. The molecule has 0 atom stereocenters. The quantitative estimate of drug-likeness (QED) is 0.512. The maximum atomic E-state index is 12.0. The Morgan fingerprint density at radius 2 is 1.89 bits per heavy atom. The van der Waals surface area contributed by atoms with Crippen LogP contribution in [0.15, 0.2) is 48.5 Å². The van der Waals surface area contributed by atoms with Crippen LogP contribution in [0.25, 0.3) is 0 Å². The van der Waals surface area contributed by atoms with Crippen LogP contribution in [0.3, 0.4) is 0 Å². The average Bonchev–Trinajstić information content (AvgIpc) is 2.67. The van der Waals surface area contributed by atoms with Crippen LogP contribution in [0.5, 0.6) is 5.75 Å². The van der Waals surface area contributed by atoms with E-state index >= 15 is 0 Å². The first-order valence-electron chi connectivity index (χ1n) is 8.25. The smallest absolute Gasteiger partial charge is 0.270 e. The van der Waals surface area contributed by atoms with Gasteiger partial charge in [0.1, 0.15) is 12.4 Å². The third kappa shape index (κ3) is 6.86. The fraction of sp³-hybridized carbons (Fsp3) is 0.222. The number of hydrogen-bond acceptors (Lipinski definition) is 6. The molecule has 2 aromatic carbocycles. The predicted molar refractivity (Wildman–Crippen MR) is 103 cm³/mol. The van der Waals surface area contributed by atoms with Crippen LogP contribution in [-0.4, -0.2) is 48.4 Å². The Morgan fingerprint density at radius 3 is 2.57 bits per heavy atom. The van der Waals surface area contributed by atoms with Crippen molar-refractivity contribution in [3.63, 3.8) is 0 Å². The second-order valence-electron chi connectivity index (χ2n) is 5.85. The van der Waals surface area contributed by atoms with Crippen molar-refractivity contribution in [1.82, 2.24) is 15.8 Å². The number of halogens is 1. The van der Waals surface area contributed by atoms with Crippen molar-refractivity contribution in [2.75, 3.05) is 26.7 Å². The highest BCUT2D eigenvalue weighted by Crippen LogP contribution is 2.15. The molecule has 10 heteroatoms. The second kappa shape index (κ2) is 10.2. The summed E-state index contributed by atoms with van der Waals surface area (Å²) in [4.78, 5) is 35.7. The maximum absolute atomic E-state index is 12.0. The SMILES string of the molecule is CN(CCOc1ccc(Cl)cc1)CC(=O)NNC(=O)c1cccc([N+](=O)[O-])c1. The zero-order valence-corrected chi connectivity index (χ0v) is 15.8. The zero-order chi connectivity index (χ0) is 20.5. The molecule has 0 fully saturated rings. The summed E-state index contributed by atoms with van der Waals surface area (Å²) in [6.07, 6.45) is 0. The molecule has 2 N–H and O–H groups in total. The van der Waals surface area contributed by atoms with Gasteiger partial charge in [-0.2, -0.15) is 0 Å². The summed E-state index contributed by atoms with van der Waals surface area (Å²) in [6, 6.07) is 12.1. The molecule has 0 aliphatic rings. The van der Waals surface area contributed by atoms with Gasteiger partial charge < -0.3 is 4.74 Å². The van der Waals surface area contributed by atoms with Crippen LogP contribution in [0.4, 0.5) is 5.69 Å². The molecule has 148 valence electrons. The number of non-ortho nitro benzene ring substituents is 1. The van der Waals surface area contributed by atoms with Gasteiger partial charge in [-0.1, -0.05) is 17.7 Å². The molecule has 0 saturated heterocycles. The molecule has 0 bridgehead atoms. The molecule has 0 heterocycles. The third-order valence-corrected chi connectivity index (χ3v) is 3.86. The third-order valence-electron chi connectivity index (χ3n) is 3.60. The number of nitrogens with one attached hydrogen (secondary N) is 2. The summed E-state index contributed by atoms with van der Waals surface area (Å²) < 4.78 is 5.54. The number of benzene rings is 2. The van der Waals surface area contributed by atoms with E-state index in [1.807, 2.05) is 0 Å². The van der Waals surface area contributed by atoms with Crippen molar-refractivity contribution in [2.45, 2.75) is 0 Å². The van der Waals surface area contributed by atoms with Crippen molar-refractivity contribution >= 4 is 29.1 Å². The Bertz CT molecular complexity index is 844. The molecule has 2 amide bonds. The zero-order valence-electron chi connectivity index (χ0n) is 15.1. The first-order valence-corrected chi connectivity index (χ1v) is 8.63. The molecule has 28 heavy (non-hydrogen) atoms. The number of hydrogen-bond donors (Lipinski definition) is 2. The Morgan fingerprint density at radius 1 is 1.18 bits per heavy atom. The Balaban J connectivity index is 1.71. The minimum atomic E-state index is -0.647. The lowest BCUT2D eigenvalue weighted by Crippen LogP contribution is -2.46. The molecule has 0 saturated carbocycles. The van der Waals surface area contributed by atoms with E-state index in [-0.39, 0.29) is 17.8 Å². The monoisotopic (exact) mass is 406 g/mol. The van der Waals surface area contributed by atoms with Gasteiger partial charge in [-0.05, 0) is 37.4 Å². The minimum Gasteiger partial charge on any atom is -0.492 e. The number of likely N-dealkylation sites (N-methyl/N-ethyl adjacent to an activating group) is 1. The van der Waals surface area contributed by atoms with E-state index in [9.17, 15) is 19.7 Å². The van der Waals surface area contributed by atoms with Gasteiger partial charge in [0.15, 0.2) is 0 Å². The maximum Gasteiger partial charge on any atom is 0.270 e. The number of rotatable bonds is 8. The van der Waals surface area contributed by atoms with E-state index in [4.69, 9.17) is 16.3 Å². The summed E-state index contributed by atoms with van der Waals surface area (Å²) >= 11 is 5.80. The first-order chi connectivity index (χ1) is 13.3. The van der Waals surface area contributed by atoms with Gasteiger partial charge in [0, 0.05) is 29.3 Å². The normalized spacial score (nSPS) is 10.4. The largest absolute Gasteiger partial charge is 0.492 e. The number of nitrogens with zero attached hydrogens (tertiary/aromatic N) is 2. The Labute approximate surface area is 166 Å². The summed E-state index contributed by atoms with van der Waals surface area (Å²) in [5.74, 6) is -0.412. The molecule has 2 rings (SSSR count). The number of nitro groups is 1. The number of carbonyl (C=O) groups is 2. The van der Waals surface area contributed by atoms with Gasteiger partial charge in [-0.3, -0.25) is 35.5 Å². The molecule has 0 aliphatic heterocycles. The lowest BCUT2D eigenvalue weighted by Gasteiger charge is -2.17. The lowest BCUT2D eigenvalue weighted by atomic mass is 10.2. The van der Waals surface area contributed by atoms with Crippen molar-refractivity contribution in [3.8, 4) is 5.75 Å². The van der Waals surface area contributed by atoms with Gasteiger partial charge in [0.05, 0.1) is 11.5 Å². The highest BCUT2D eigenvalue weighted by molar-refractivity contribution is 6.30. The van der Waals surface area contributed by atoms with E-state index in [1.165, 1.54) is 18.2 Å². The van der Waals surface area contributed by atoms with Crippen molar-refractivity contribution in [2.24, 2.45) is 0 Å². The van der Waals surface area contributed by atoms with Gasteiger partial charge >= 0.3 is 0 Å². The highest BCUT2D eigenvalue weighted by Gasteiger charge is 2.13. The molecular formula is C18H19ClN4O5.